The summed E-state index contributed by atoms with van der Waals surface area (Å²) in [5.74, 6) is 0.944. The van der Waals surface area contributed by atoms with Crippen LogP contribution in [0.1, 0.15) is 0 Å². The van der Waals surface area contributed by atoms with Crippen molar-refractivity contribution in [1.29, 1.82) is 0 Å². The zero-order valence-electron chi connectivity index (χ0n) is 14.4. The summed E-state index contributed by atoms with van der Waals surface area (Å²) in [4.78, 5) is 20.3. The Balaban J connectivity index is 1.97. The Morgan fingerprint density at radius 2 is 1.92 bits per heavy atom. The number of nitrogen functional groups attached to an aromatic ring is 1. The number of methoxy groups -OCH3 is 1. The molecule has 2 aromatic heterocycles. The van der Waals surface area contributed by atoms with Crippen LogP contribution in [0.15, 0.2) is 53.3 Å². The van der Waals surface area contributed by atoms with Crippen molar-refractivity contribution >= 4 is 16.7 Å². The summed E-state index contributed by atoms with van der Waals surface area (Å²) in [5, 5.41) is 4.95. The molecule has 0 bridgehead atoms. The molecule has 7 nitrogen and oxygen atoms in total. The average molecular weight is 347 g/mol. The second-order valence-electron chi connectivity index (χ2n) is 5.91. The van der Waals surface area contributed by atoms with E-state index < -0.39 is 0 Å². The number of fused-ring (bicyclic) bond motifs is 1. The van der Waals surface area contributed by atoms with E-state index in [0.717, 1.165) is 5.56 Å². The first-order chi connectivity index (χ1) is 12.6. The minimum Gasteiger partial charge on any atom is -0.496 e. The smallest absolute Gasteiger partial charge is 0.262 e. The fraction of sp³-hybridized carbons (Fsp3) is 0.105. The molecule has 0 aliphatic heterocycles. The van der Waals surface area contributed by atoms with Gasteiger partial charge in [-0.15, -0.1) is 0 Å². The minimum absolute atomic E-state index is 0.254. The molecule has 2 heterocycles. The van der Waals surface area contributed by atoms with Crippen molar-refractivity contribution in [2.45, 2.75) is 0 Å². The van der Waals surface area contributed by atoms with Crippen LogP contribution in [0.4, 0.5) is 5.69 Å². The molecule has 0 atom stereocenters. The van der Waals surface area contributed by atoms with Crippen LogP contribution >= 0.6 is 0 Å². The summed E-state index contributed by atoms with van der Waals surface area (Å²) in [6.07, 6.45) is 0. The Bertz CT molecular complexity index is 1160. The second kappa shape index (κ2) is 6.03. The second-order valence-corrected chi connectivity index (χ2v) is 5.91. The molecule has 4 rings (SSSR count). The molecule has 7 heteroatoms. The highest BCUT2D eigenvalue weighted by Gasteiger charge is 2.18. The van der Waals surface area contributed by atoms with E-state index in [2.05, 4.69) is 15.1 Å². The molecule has 0 aliphatic carbocycles. The lowest BCUT2D eigenvalue weighted by atomic mass is 10.1. The van der Waals surface area contributed by atoms with E-state index in [1.807, 2.05) is 30.3 Å². The summed E-state index contributed by atoms with van der Waals surface area (Å²) in [6.45, 7) is 0. The lowest BCUT2D eigenvalue weighted by Crippen LogP contribution is -2.10. The van der Waals surface area contributed by atoms with Crippen molar-refractivity contribution in [2.24, 2.45) is 7.05 Å². The Morgan fingerprint density at radius 3 is 2.65 bits per heavy atom. The van der Waals surface area contributed by atoms with Crippen LogP contribution in [0.2, 0.25) is 0 Å². The Labute approximate surface area is 149 Å². The van der Waals surface area contributed by atoms with Gasteiger partial charge in [0.25, 0.3) is 5.56 Å². The highest BCUT2D eigenvalue weighted by atomic mass is 16.5. The van der Waals surface area contributed by atoms with Gasteiger partial charge in [0.1, 0.15) is 22.7 Å². The molecule has 0 saturated heterocycles. The highest BCUT2D eigenvalue weighted by Crippen LogP contribution is 2.30. The molecule has 26 heavy (non-hydrogen) atoms. The molecule has 0 aliphatic rings. The maximum atomic E-state index is 12.8. The molecular weight excluding hydrogens is 330 g/mol. The fourth-order valence-electron chi connectivity index (χ4n) is 2.99. The first-order valence-electron chi connectivity index (χ1n) is 8.05. The summed E-state index contributed by atoms with van der Waals surface area (Å²) in [7, 11) is 3.32. The number of H-pyrrole nitrogens is 1. The Hall–Kier alpha value is -3.61. The van der Waals surface area contributed by atoms with Gasteiger partial charge in [-0.2, -0.15) is 5.10 Å². The van der Waals surface area contributed by atoms with Crippen LogP contribution in [0, 0.1) is 0 Å². The molecule has 0 amide bonds. The third kappa shape index (κ3) is 2.50. The first kappa shape index (κ1) is 15.9. The van der Waals surface area contributed by atoms with Gasteiger partial charge in [-0.05, 0) is 12.1 Å². The maximum Gasteiger partial charge on any atom is 0.262 e. The van der Waals surface area contributed by atoms with Crippen LogP contribution in [0.3, 0.4) is 0 Å². The topological polar surface area (TPSA) is 98.8 Å². The van der Waals surface area contributed by atoms with Gasteiger partial charge in [0.05, 0.1) is 12.7 Å². The van der Waals surface area contributed by atoms with Crippen molar-refractivity contribution in [1.82, 2.24) is 19.7 Å². The number of nitrogens with zero attached hydrogens (tertiary/aromatic N) is 3. The van der Waals surface area contributed by atoms with Crippen molar-refractivity contribution in [3.05, 3.63) is 58.9 Å². The number of rotatable bonds is 3. The SMILES string of the molecule is COc1cc(N)ccc1-c1nc2c(c(-c3ccccc3)nn2C)c(=O)[nH]1. The number of anilines is 1. The van der Waals surface area contributed by atoms with Crippen LogP contribution in [0.5, 0.6) is 5.75 Å². The predicted molar refractivity (Wildman–Crippen MR) is 101 cm³/mol. The summed E-state index contributed by atoms with van der Waals surface area (Å²) >= 11 is 0. The standard InChI is InChI=1S/C19H17N5O2/c1-24-18-15(16(23-24)11-6-4-3-5-7-11)19(25)22-17(21-18)13-9-8-12(20)10-14(13)26-2/h3-10H,20H2,1-2H3,(H,21,22,25). The third-order valence-electron chi connectivity index (χ3n) is 4.22. The average Bonchev–Trinajstić information content (AvgIpc) is 2.99. The number of hydrogen-bond donors (Lipinski definition) is 2. The number of nitrogens with two attached hydrogens (primary N) is 1. The molecule has 4 aromatic rings. The van der Waals surface area contributed by atoms with Crippen LogP contribution in [-0.4, -0.2) is 26.9 Å². The van der Waals surface area contributed by atoms with E-state index in [1.165, 1.54) is 0 Å². The number of aromatic nitrogens is 4. The maximum absolute atomic E-state index is 12.8. The number of ether oxygens (including phenoxy) is 1. The van der Waals surface area contributed by atoms with E-state index in [4.69, 9.17) is 10.5 Å². The van der Waals surface area contributed by atoms with Crippen molar-refractivity contribution < 1.29 is 4.74 Å². The zero-order chi connectivity index (χ0) is 18.3. The van der Waals surface area contributed by atoms with Gasteiger partial charge in [0.15, 0.2) is 5.65 Å². The quantitative estimate of drug-likeness (QED) is 0.555. The van der Waals surface area contributed by atoms with E-state index in [-0.39, 0.29) is 5.56 Å². The fourth-order valence-corrected chi connectivity index (χ4v) is 2.99. The van der Waals surface area contributed by atoms with E-state index in [1.54, 1.807) is 37.0 Å². The molecule has 0 radical (unpaired) electrons. The molecule has 0 unspecified atom stereocenters. The molecule has 3 N–H and O–H groups in total. The van der Waals surface area contributed by atoms with E-state index in [9.17, 15) is 4.79 Å². The van der Waals surface area contributed by atoms with Crippen LogP contribution < -0.4 is 16.0 Å². The number of nitrogens with one attached hydrogen (secondary N) is 1. The molecular formula is C19H17N5O2. The molecule has 130 valence electrons. The van der Waals surface area contributed by atoms with Gasteiger partial charge in [-0.25, -0.2) is 9.67 Å². The lowest BCUT2D eigenvalue weighted by molar-refractivity contribution is 0.416. The highest BCUT2D eigenvalue weighted by molar-refractivity contribution is 5.91. The number of aromatic amines is 1. The number of hydrogen-bond acceptors (Lipinski definition) is 5. The Kier molecular flexibility index (Phi) is 3.69. The summed E-state index contributed by atoms with van der Waals surface area (Å²) < 4.78 is 6.98. The van der Waals surface area contributed by atoms with E-state index in [0.29, 0.717) is 39.6 Å². The van der Waals surface area contributed by atoms with E-state index >= 15 is 0 Å². The minimum atomic E-state index is -0.254. The van der Waals surface area contributed by atoms with Crippen LogP contribution in [-0.2, 0) is 7.05 Å². The molecule has 0 saturated carbocycles. The largest absolute Gasteiger partial charge is 0.496 e. The van der Waals surface area contributed by atoms with Gasteiger partial charge in [-0.1, -0.05) is 30.3 Å². The molecule has 0 fully saturated rings. The predicted octanol–water partition coefficient (Wildman–Crippen LogP) is 2.58. The van der Waals surface area contributed by atoms with Gasteiger partial charge < -0.3 is 15.5 Å². The lowest BCUT2D eigenvalue weighted by Gasteiger charge is -2.09. The summed E-state index contributed by atoms with van der Waals surface area (Å²) in [6, 6.07) is 14.8. The van der Waals surface area contributed by atoms with Gasteiger partial charge in [0, 0.05) is 24.4 Å². The number of benzene rings is 2. The Morgan fingerprint density at radius 1 is 1.15 bits per heavy atom. The van der Waals surface area contributed by atoms with Crippen molar-refractivity contribution in [2.75, 3.05) is 12.8 Å². The molecule has 0 spiro atoms. The number of aryl methyl sites for hydroxylation is 1. The van der Waals surface area contributed by atoms with Gasteiger partial charge in [-0.3, -0.25) is 4.79 Å². The monoisotopic (exact) mass is 347 g/mol. The summed E-state index contributed by atoms with van der Waals surface area (Å²) in [5.41, 5.74) is 8.75. The van der Waals surface area contributed by atoms with Gasteiger partial charge >= 0.3 is 0 Å². The van der Waals surface area contributed by atoms with Crippen molar-refractivity contribution in [3.63, 3.8) is 0 Å². The van der Waals surface area contributed by atoms with Gasteiger partial charge in [0.2, 0.25) is 0 Å². The molecule has 2 aromatic carbocycles. The zero-order valence-corrected chi connectivity index (χ0v) is 14.4. The third-order valence-corrected chi connectivity index (χ3v) is 4.22. The van der Waals surface area contributed by atoms with Crippen molar-refractivity contribution in [3.8, 4) is 28.4 Å². The van der Waals surface area contributed by atoms with Crippen LogP contribution in [0.25, 0.3) is 33.7 Å². The first-order valence-corrected chi connectivity index (χ1v) is 8.05. The normalized spacial score (nSPS) is 11.0.